The molecule has 1 heterocycles. The standard InChI is InChI=1S/C16H10F3N3/c17-11-3-1-10(2-4-11)7-16-21-14-8-12(18)13(19)9-15(14)22(16)6-5-20/h1-4,8-9H,6-7H2. The van der Waals surface area contributed by atoms with E-state index in [1.54, 1.807) is 12.1 Å². The fourth-order valence-electron chi connectivity index (χ4n) is 2.34. The average Bonchev–Trinajstić information content (AvgIpc) is 2.80. The summed E-state index contributed by atoms with van der Waals surface area (Å²) in [6, 6.07) is 9.87. The molecule has 0 amide bonds. The number of nitriles is 1. The Morgan fingerprint density at radius 3 is 2.41 bits per heavy atom. The Bertz CT molecular complexity index is 876. The Morgan fingerprint density at radius 2 is 1.73 bits per heavy atom. The van der Waals surface area contributed by atoms with Crippen molar-refractivity contribution in [2.75, 3.05) is 0 Å². The molecule has 0 aliphatic rings. The Morgan fingerprint density at radius 1 is 1.05 bits per heavy atom. The summed E-state index contributed by atoms with van der Waals surface area (Å²) in [7, 11) is 0. The van der Waals surface area contributed by atoms with E-state index in [9.17, 15) is 13.2 Å². The minimum absolute atomic E-state index is 0.0297. The summed E-state index contributed by atoms with van der Waals surface area (Å²) in [4.78, 5) is 4.26. The van der Waals surface area contributed by atoms with Gasteiger partial charge >= 0.3 is 0 Å². The third-order valence-electron chi connectivity index (χ3n) is 3.37. The van der Waals surface area contributed by atoms with Crippen LogP contribution in [0, 0.1) is 28.8 Å². The highest BCUT2D eigenvalue weighted by Crippen LogP contribution is 2.21. The largest absolute Gasteiger partial charge is 0.314 e. The highest BCUT2D eigenvalue weighted by molar-refractivity contribution is 5.76. The van der Waals surface area contributed by atoms with Crippen molar-refractivity contribution in [1.82, 2.24) is 9.55 Å². The van der Waals surface area contributed by atoms with E-state index in [-0.39, 0.29) is 17.9 Å². The summed E-state index contributed by atoms with van der Waals surface area (Å²) in [5.41, 5.74) is 1.43. The number of halogens is 3. The van der Waals surface area contributed by atoms with Crippen molar-refractivity contribution < 1.29 is 13.2 Å². The first-order valence-corrected chi connectivity index (χ1v) is 6.54. The van der Waals surface area contributed by atoms with Gasteiger partial charge in [0.2, 0.25) is 0 Å². The molecule has 6 heteroatoms. The van der Waals surface area contributed by atoms with Crippen molar-refractivity contribution in [3.8, 4) is 6.07 Å². The van der Waals surface area contributed by atoms with Crippen LogP contribution in [0.25, 0.3) is 11.0 Å². The Balaban J connectivity index is 2.10. The van der Waals surface area contributed by atoms with Crippen LogP contribution in [0.4, 0.5) is 13.2 Å². The van der Waals surface area contributed by atoms with Gasteiger partial charge < -0.3 is 4.57 Å². The van der Waals surface area contributed by atoms with Crippen molar-refractivity contribution >= 4 is 11.0 Å². The molecule has 3 rings (SSSR count). The summed E-state index contributed by atoms with van der Waals surface area (Å²) < 4.78 is 41.2. The van der Waals surface area contributed by atoms with Gasteiger partial charge in [-0.3, -0.25) is 0 Å². The van der Waals surface area contributed by atoms with Gasteiger partial charge in [0.1, 0.15) is 18.2 Å². The van der Waals surface area contributed by atoms with Crippen LogP contribution in [0.5, 0.6) is 0 Å². The van der Waals surface area contributed by atoms with Crippen LogP contribution in [0.2, 0.25) is 0 Å². The van der Waals surface area contributed by atoms with Gasteiger partial charge in [0.25, 0.3) is 0 Å². The van der Waals surface area contributed by atoms with Crippen LogP contribution in [-0.2, 0) is 13.0 Å². The Kier molecular flexibility index (Phi) is 3.55. The topological polar surface area (TPSA) is 41.6 Å². The number of fused-ring (bicyclic) bond motifs is 1. The highest BCUT2D eigenvalue weighted by atomic mass is 19.2. The highest BCUT2D eigenvalue weighted by Gasteiger charge is 2.14. The summed E-state index contributed by atoms with van der Waals surface area (Å²) in [6.45, 7) is -0.0297. The maximum atomic E-state index is 13.4. The first-order chi connectivity index (χ1) is 10.6. The zero-order valence-electron chi connectivity index (χ0n) is 11.4. The lowest BCUT2D eigenvalue weighted by Crippen LogP contribution is -2.03. The van der Waals surface area contributed by atoms with E-state index in [1.165, 1.54) is 16.7 Å². The normalized spacial score (nSPS) is 10.8. The second-order valence-electron chi connectivity index (χ2n) is 4.83. The predicted molar refractivity (Wildman–Crippen MR) is 74.5 cm³/mol. The van der Waals surface area contributed by atoms with Gasteiger partial charge in [-0.15, -0.1) is 0 Å². The number of hydrogen-bond acceptors (Lipinski definition) is 2. The summed E-state index contributed by atoms with van der Waals surface area (Å²) in [6.07, 6.45) is 0.333. The number of aromatic nitrogens is 2. The van der Waals surface area contributed by atoms with E-state index in [4.69, 9.17) is 5.26 Å². The van der Waals surface area contributed by atoms with Crippen molar-refractivity contribution in [2.45, 2.75) is 13.0 Å². The lowest BCUT2D eigenvalue weighted by atomic mass is 10.1. The summed E-state index contributed by atoms with van der Waals surface area (Å²) >= 11 is 0. The summed E-state index contributed by atoms with van der Waals surface area (Å²) in [5.74, 6) is -1.83. The quantitative estimate of drug-likeness (QED) is 0.742. The predicted octanol–water partition coefficient (Wildman–Crippen LogP) is 3.57. The molecule has 3 nitrogen and oxygen atoms in total. The number of rotatable bonds is 3. The van der Waals surface area contributed by atoms with Crippen LogP contribution < -0.4 is 0 Å². The molecule has 0 bridgehead atoms. The van der Waals surface area contributed by atoms with Gasteiger partial charge in [0.15, 0.2) is 11.6 Å². The fourth-order valence-corrected chi connectivity index (χ4v) is 2.34. The maximum Gasteiger partial charge on any atom is 0.161 e. The number of hydrogen-bond donors (Lipinski definition) is 0. The molecular formula is C16H10F3N3. The van der Waals surface area contributed by atoms with E-state index >= 15 is 0 Å². The van der Waals surface area contributed by atoms with Gasteiger partial charge in [-0.1, -0.05) is 12.1 Å². The minimum Gasteiger partial charge on any atom is -0.314 e. The van der Waals surface area contributed by atoms with E-state index in [0.29, 0.717) is 17.8 Å². The van der Waals surface area contributed by atoms with Gasteiger partial charge in [0, 0.05) is 18.6 Å². The SMILES string of the molecule is N#CCn1c(Cc2ccc(F)cc2)nc2cc(F)c(F)cc21. The molecule has 0 fully saturated rings. The Hall–Kier alpha value is -2.81. The second-order valence-corrected chi connectivity index (χ2v) is 4.83. The molecule has 3 aromatic rings. The maximum absolute atomic E-state index is 13.4. The monoisotopic (exact) mass is 301 g/mol. The molecule has 0 saturated carbocycles. The third kappa shape index (κ3) is 2.53. The number of imidazole rings is 1. The van der Waals surface area contributed by atoms with E-state index in [2.05, 4.69) is 4.98 Å². The molecule has 22 heavy (non-hydrogen) atoms. The minimum atomic E-state index is -0.986. The van der Waals surface area contributed by atoms with Gasteiger partial charge in [-0.25, -0.2) is 18.2 Å². The van der Waals surface area contributed by atoms with Gasteiger partial charge in [0.05, 0.1) is 17.1 Å². The smallest absolute Gasteiger partial charge is 0.161 e. The lowest BCUT2D eigenvalue weighted by molar-refractivity contribution is 0.510. The molecule has 0 N–H and O–H groups in total. The van der Waals surface area contributed by atoms with Crippen molar-refractivity contribution in [3.05, 3.63) is 65.2 Å². The van der Waals surface area contributed by atoms with Crippen molar-refractivity contribution in [1.29, 1.82) is 5.26 Å². The van der Waals surface area contributed by atoms with Gasteiger partial charge in [-0.2, -0.15) is 5.26 Å². The van der Waals surface area contributed by atoms with Crippen LogP contribution >= 0.6 is 0 Å². The lowest BCUT2D eigenvalue weighted by Gasteiger charge is -2.05. The van der Waals surface area contributed by atoms with Crippen LogP contribution in [0.15, 0.2) is 36.4 Å². The zero-order chi connectivity index (χ0) is 15.7. The Labute approximate surface area is 124 Å². The second kappa shape index (κ2) is 5.53. The van der Waals surface area contributed by atoms with Crippen LogP contribution in [0.3, 0.4) is 0 Å². The van der Waals surface area contributed by atoms with Crippen LogP contribution in [0.1, 0.15) is 11.4 Å². The van der Waals surface area contributed by atoms with E-state index in [1.807, 2.05) is 6.07 Å². The fraction of sp³-hybridized carbons (Fsp3) is 0.125. The first kappa shape index (κ1) is 14.1. The zero-order valence-corrected chi connectivity index (χ0v) is 11.4. The molecule has 0 radical (unpaired) electrons. The molecule has 0 saturated heterocycles. The molecular weight excluding hydrogens is 291 g/mol. The number of benzene rings is 2. The van der Waals surface area contributed by atoms with Gasteiger partial charge in [-0.05, 0) is 17.7 Å². The molecule has 1 aromatic heterocycles. The molecule has 0 aliphatic heterocycles. The van der Waals surface area contributed by atoms with Crippen molar-refractivity contribution in [3.63, 3.8) is 0 Å². The molecule has 0 spiro atoms. The molecule has 2 aromatic carbocycles. The van der Waals surface area contributed by atoms with Crippen molar-refractivity contribution in [2.24, 2.45) is 0 Å². The molecule has 110 valence electrons. The average molecular weight is 301 g/mol. The third-order valence-corrected chi connectivity index (χ3v) is 3.37. The molecule has 0 atom stereocenters. The summed E-state index contributed by atoms with van der Waals surface area (Å²) in [5, 5.41) is 8.93. The van der Waals surface area contributed by atoms with Crippen LogP contribution in [-0.4, -0.2) is 9.55 Å². The number of nitrogens with zero attached hydrogens (tertiary/aromatic N) is 3. The van der Waals surface area contributed by atoms with E-state index in [0.717, 1.165) is 17.7 Å². The molecule has 0 unspecified atom stereocenters. The van der Waals surface area contributed by atoms with E-state index < -0.39 is 11.6 Å². The first-order valence-electron chi connectivity index (χ1n) is 6.54. The molecule has 0 aliphatic carbocycles.